The number of anilines is 2. The van der Waals surface area contributed by atoms with Gasteiger partial charge in [0.15, 0.2) is 0 Å². The molecule has 1 heterocycles. The maximum atomic E-state index is 6.01. The van der Waals surface area contributed by atoms with Gasteiger partial charge in [-0.05, 0) is 88.5 Å². The number of nitrogen functional groups attached to an aromatic ring is 2. The fraction of sp³-hybridized carbons (Fsp3) is 0.455. The van der Waals surface area contributed by atoms with Crippen molar-refractivity contribution in [3.8, 4) is 0 Å². The van der Waals surface area contributed by atoms with Crippen LogP contribution in [0, 0.1) is 13.8 Å². The monoisotopic (exact) mass is 450 g/mol. The van der Waals surface area contributed by atoms with Gasteiger partial charge in [-0.25, -0.2) is 0 Å². The van der Waals surface area contributed by atoms with Gasteiger partial charge in [-0.2, -0.15) is 0 Å². The minimum Gasteiger partial charge on any atom is -0.399 e. The zero-order chi connectivity index (χ0) is 19.7. The average molecular weight is 451 g/mol. The Bertz CT molecular complexity index is 778. The highest BCUT2D eigenvalue weighted by Crippen LogP contribution is 2.36. The van der Waals surface area contributed by atoms with E-state index in [0.717, 1.165) is 26.9 Å². The van der Waals surface area contributed by atoms with Crippen molar-refractivity contribution in [2.45, 2.75) is 67.6 Å². The predicted molar refractivity (Wildman–Crippen MR) is 128 cm³/mol. The van der Waals surface area contributed by atoms with Crippen LogP contribution in [0.5, 0.6) is 0 Å². The van der Waals surface area contributed by atoms with Crippen molar-refractivity contribution in [2.24, 2.45) is 0 Å². The first-order valence-electron chi connectivity index (χ1n) is 8.66. The molecule has 1 aliphatic rings. The average Bonchev–Trinajstić information content (AvgIpc) is 2.72. The molecule has 1 saturated heterocycles. The molecule has 0 aliphatic carbocycles. The summed E-state index contributed by atoms with van der Waals surface area (Å²) in [6.07, 6.45) is 0. The van der Waals surface area contributed by atoms with E-state index in [4.69, 9.17) is 20.8 Å². The second kappa shape index (κ2) is 9.81. The summed E-state index contributed by atoms with van der Waals surface area (Å²) in [6, 6.07) is 11.6. The minimum atomic E-state index is -0.305. The van der Waals surface area contributed by atoms with E-state index in [1.54, 1.807) is 0 Å². The van der Waals surface area contributed by atoms with E-state index >= 15 is 0 Å². The second-order valence-electron chi connectivity index (χ2n) is 7.71. The number of hydrogen-bond donors (Lipinski definition) is 2. The number of benzene rings is 2. The van der Waals surface area contributed by atoms with E-state index in [1.165, 1.54) is 5.56 Å². The van der Waals surface area contributed by atoms with Gasteiger partial charge in [0.1, 0.15) is 0 Å². The van der Waals surface area contributed by atoms with Crippen LogP contribution in [-0.2, 0) is 9.31 Å². The van der Waals surface area contributed by atoms with E-state index in [9.17, 15) is 0 Å². The molecule has 0 unspecified atom stereocenters. The molecular weight excluding hydrogens is 415 g/mol. The molecule has 4 nitrogen and oxygen atoms in total. The van der Waals surface area contributed by atoms with Crippen LogP contribution >= 0.6 is 15.9 Å². The Morgan fingerprint density at radius 2 is 1.21 bits per heavy atom. The molecule has 6 heteroatoms. The smallest absolute Gasteiger partial charge is 0.399 e. The van der Waals surface area contributed by atoms with Gasteiger partial charge in [0.25, 0.3) is 0 Å². The van der Waals surface area contributed by atoms with Gasteiger partial charge < -0.3 is 20.8 Å². The minimum absolute atomic E-state index is 0. The lowest BCUT2D eigenvalue weighted by molar-refractivity contribution is 0.00578. The summed E-state index contributed by atoms with van der Waals surface area (Å²) in [4.78, 5) is 0. The van der Waals surface area contributed by atoms with Gasteiger partial charge in [-0.1, -0.05) is 36.8 Å². The third-order valence-corrected chi connectivity index (χ3v) is 5.87. The van der Waals surface area contributed by atoms with Crippen LogP contribution in [0.3, 0.4) is 0 Å². The Labute approximate surface area is 180 Å². The van der Waals surface area contributed by atoms with Crippen molar-refractivity contribution >= 4 is 39.9 Å². The Balaban J connectivity index is 0.000000570. The van der Waals surface area contributed by atoms with Crippen molar-refractivity contribution in [1.82, 2.24) is 0 Å². The van der Waals surface area contributed by atoms with Gasteiger partial charge in [0, 0.05) is 15.8 Å². The quantitative estimate of drug-likeness (QED) is 0.445. The Morgan fingerprint density at radius 3 is 1.61 bits per heavy atom. The second-order valence-corrected chi connectivity index (χ2v) is 8.57. The van der Waals surface area contributed by atoms with Crippen LogP contribution < -0.4 is 16.9 Å². The van der Waals surface area contributed by atoms with E-state index < -0.39 is 0 Å². The van der Waals surface area contributed by atoms with Crippen LogP contribution in [0.1, 0.15) is 53.7 Å². The SMILES string of the molecule is C.C.Cc1cc(N)ccc1B1OC(C)(C)C(C)(C)O1.Cc1cc(N)ccc1Br. The predicted octanol–water partition coefficient (Wildman–Crippen LogP) is 5.49. The molecule has 2 aromatic rings. The van der Waals surface area contributed by atoms with Crippen molar-refractivity contribution in [3.63, 3.8) is 0 Å². The van der Waals surface area contributed by atoms with Gasteiger partial charge in [-0.15, -0.1) is 0 Å². The molecule has 0 atom stereocenters. The maximum Gasteiger partial charge on any atom is 0.495 e. The third-order valence-electron chi connectivity index (χ3n) is 4.98. The molecule has 4 N–H and O–H groups in total. The summed E-state index contributed by atoms with van der Waals surface area (Å²) >= 11 is 3.37. The molecule has 28 heavy (non-hydrogen) atoms. The summed E-state index contributed by atoms with van der Waals surface area (Å²) in [5.74, 6) is 0. The van der Waals surface area contributed by atoms with E-state index in [0.29, 0.717) is 0 Å². The van der Waals surface area contributed by atoms with E-state index in [-0.39, 0.29) is 33.2 Å². The molecular formula is C22H36BBrN2O2. The van der Waals surface area contributed by atoms with E-state index in [2.05, 4.69) is 43.6 Å². The normalized spacial score (nSPS) is 16.3. The molecule has 0 spiro atoms. The topological polar surface area (TPSA) is 70.5 Å². The molecule has 0 amide bonds. The summed E-state index contributed by atoms with van der Waals surface area (Å²) in [5, 5.41) is 0. The highest BCUT2D eigenvalue weighted by molar-refractivity contribution is 9.10. The lowest BCUT2D eigenvalue weighted by atomic mass is 9.76. The summed E-state index contributed by atoms with van der Waals surface area (Å²) < 4.78 is 13.1. The first kappa shape index (κ1) is 26.5. The van der Waals surface area contributed by atoms with Crippen molar-refractivity contribution in [3.05, 3.63) is 52.0 Å². The van der Waals surface area contributed by atoms with Gasteiger partial charge in [0.2, 0.25) is 0 Å². The first-order valence-corrected chi connectivity index (χ1v) is 9.45. The zero-order valence-corrected chi connectivity index (χ0v) is 18.0. The number of hydrogen-bond acceptors (Lipinski definition) is 4. The zero-order valence-electron chi connectivity index (χ0n) is 16.4. The van der Waals surface area contributed by atoms with Crippen LogP contribution in [0.15, 0.2) is 40.9 Å². The maximum absolute atomic E-state index is 6.01. The molecule has 0 aromatic heterocycles. The molecule has 0 saturated carbocycles. The van der Waals surface area contributed by atoms with Crippen LogP contribution in [0.2, 0.25) is 0 Å². The van der Waals surface area contributed by atoms with E-state index in [1.807, 2.05) is 50.2 Å². The van der Waals surface area contributed by atoms with Gasteiger partial charge >= 0.3 is 7.12 Å². The number of aryl methyl sites for hydroxylation is 2. The van der Waals surface area contributed by atoms with Gasteiger partial charge in [-0.3, -0.25) is 0 Å². The Hall–Kier alpha value is -1.50. The summed E-state index contributed by atoms with van der Waals surface area (Å²) in [5.41, 5.74) is 15.6. The molecule has 156 valence electrons. The molecule has 2 aromatic carbocycles. The van der Waals surface area contributed by atoms with Crippen molar-refractivity contribution in [2.75, 3.05) is 11.5 Å². The lowest BCUT2D eigenvalue weighted by Crippen LogP contribution is -2.41. The largest absolute Gasteiger partial charge is 0.495 e. The molecule has 3 rings (SSSR count). The fourth-order valence-corrected chi connectivity index (χ4v) is 2.85. The lowest BCUT2D eigenvalue weighted by Gasteiger charge is -2.32. The molecule has 0 bridgehead atoms. The molecule has 1 fully saturated rings. The Kier molecular flexibility index (Phi) is 9.29. The fourth-order valence-electron chi connectivity index (χ4n) is 2.60. The van der Waals surface area contributed by atoms with Gasteiger partial charge in [0.05, 0.1) is 11.2 Å². The number of rotatable bonds is 1. The summed E-state index contributed by atoms with van der Waals surface area (Å²) in [7, 11) is -0.305. The Morgan fingerprint density at radius 1 is 0.786 bits per heavy atom. The third kappa shape index (κ3) is 6.00. The summed E-state index contributed by atoms with van der Waals surface area (Å²) in [6.45, 7) is 12.3. The highest BCUT2D eigenvalue weighted by Gasteiger charge is 2.51. The highest BCUT2D eigenvalue weighted by atomic mass is 79.9. The van der Waals surface area contributed by atoms with Crippen LogP contribution in [-0.4, -0.2) is 18.3 Å². The molecule has 0 radical (unpaired) electrons. The first-order chi connectivity index (χ1) is 11.9. The number of halogens is 1. The standard InChI is InChI=1S/C13H20BNO2.C7H8BrN.2CH4/c1-9-8-10(15)6-7-11(9)14-16-12(2,3)13(4,5)17-14;1-5-4-6(9)2-3-7(5)8;;/h6-8H,15H2,1-5H3;2-4H,9H2,1H3;2*1H4. The van der Waals surface area contributed by atoms with Crippen molar-refractivity contribution < 1.29 is 9.31 Å². The molecule has 1 aliphatic heterocycles. The number of nitrogens with two attached hydrogens (primary N) is 2. The van der Waals surface area contributed by atoms with Crippen molar-refractivity contribution in [1.29, 1.82) is 0 Å². The van der Waals surface area contributed by atoms with Crippen LogP contribution in [0.4, 0.5) is 11.4 Å². The van der Waals surface area contributed by atoms with Crippen LogP contribution in [0.25, 0.3) is 0 Å².